The van der Waals surface area contributed by atoms with Crippen molar-refractivity contribution < 1.29 is 10.2 Å². The van der Waals surface area contributed by atoms with Gasteiger partial charge in [-0.05, 0) is 36.2 Å². The van der Waals surface area contributed by atoms with Crippen LogP contribution in [-0.4, -0.2) is 26.7 Å². The average molecular weight is 321 g/mol. The molecule has 0 aliphatic rings. The largest absolute Gasteiger partial charge is 0.508 e. The molecule has 1 aromatic heterocycles. The Bertz CT molecular complexity index is 822. The van der Waals surface area contributed by atoms with Gasteiger partial charge in [-0.3, -0.25) is 0 Å². The molecule has 3 aromatic rings. The molecule has 1 atom stereocenters. The lowest BCUT2D eigenvalue weighted by Crippen LogP contribution is -2.13. The highest BCUT2D eigenvalue weighted by molar-refractivity contribution is 5.64. The molecule has 0 amide bonds. The van der Waals surface area contributed by atoms with Crippen LogP contribution in [0.4, 0.5) is 5.82 Å². The molecule has 24 heavy (non-hydrogen) atoms. The summed E-state index contributed by atoms with van der Waals surface area (Å²) in [6.45, 7) is 2.20. The Morgan fingerprint density at radius 2 is 1.83 bits per heavy atom. The zero-order valence-corrected chi connectivity index (χ0v) is 13.3. The monoisotopic (exact) mass is 321 g/mol. The molecule has 2 aromatic carbocycles. The molecule has 0 fully saturated rings. The van der Waals surface area contributed by atoms with Crippen LogP contribution in [0.2, 0.25) is 0 Å². The number of phenols is 1. The number of rotatable bonds is 5. The second-order valence-electron chi connectivity index (χ2n) is 5.60. The fraction of sp³-hybridized carbons (Fsp3) is 0.158. The minimum absolute atomic E-state index is 0.261. The standard InChI is InChI=1S/C19H19N3O2/c1-13-9-15(7-8-17(13)23)16-10-19(22-12-21-16)20-11-18(24)14-5-3-2-4-6-14/h2-10,12,18,23-24H,11H2,1H3,(H,20,21,22). The van der Waals surface area contributed by atoms with Crippen LogP contribution in [0.25, 0.3) is 11.3 Å². The van der Waals surface area contributed by atoms with Gasteiger partial charge in [0, 0.05) is 18.2 Å². The van der Waals surface area contributed by atoms with Gasteiger partial charge in [-0.2, -0.15) is 0 Å². The summed E-state index contributed by atoms with van der Waals surface area (Å²) in [4.78, 5) is 8.46. The smallest absolute Gasteiger partial charge is 0.130 e. The minimum atomic E-state index is -0.611. The highest BCUT2D eigenvalue weighted by Crippen LogP contribution is 2.25. The van der Waals surface area contributed by atoms with Gasteiger partial charge in [0.1, 0.15) is 17.9 Å². The Morgan fingerprint density at radius 1 is 1.04 bits per heavy atom. The molecule has 0 aliphatic carbocycles. The maximum Gasteiger partial charge on any atom is 0.130 e. The first-order chi connectivity index (χ1) is 11.6. The topological polar surface area (TPSA) is 78.3 Å². The third-order valence-corrected chi connectivity index (χ3v) is 3.82. The third-order valence-electron chi connectivity index (χ3n) is 3.82. The van der Waals surface area contributed by atoms with Gasteiger partial charge in [0.05, 0.1) is 11.8 Å². The predicted molar refractivity (Wildman–Crippen MR) is 93.8 cm³/mol. The highest BCUT2D eigenvalue weighted by Gasteiger charge is 2.08. The maximum atomic E-state index is 10.2. The van der Waals surface area contributed by atoms with Crippen LogP contribution < -0.4 is 5.32 Å². The number of hydrogen-bond acceptors (Lipinski definition) is 5. The molecular formula is C19H19N3O2. The van der Waals surface area contributed by atoms with E-state index in [1.807, 2.05) is 55.5 Å². The lowest BCUT2D eigenvalue weighted by Gasteiger charge is -2.13. The Hall–Kier alpha value is -2.92. The van der Waals surface area contributed by atoms with Crippen LogP contribution in [0, 0.1) is 6.92 Å². The molecule has 1 heterocycles. The van der Waals surface area contributed by atoms with E-state index in [4.69, 9.17) is 0 Å². The van der Waals surface area contributed by atoms with E-state index in [0.29, 0.717) is 12.4 Å². The Labute approximate surface area is 140 Å². The van der Waals surface area contributed by atoms with Crippen molar-refractivity contribution in [2.24, 2.45) is 0 Å². The number of nitrogens with one attached hydrogen (secondary N) is 1. The van der Waals surface area contributed by atoms with Crippen molar-refractivity contribution in [3.8, 4) is 17.0 Å². The first-order valence-electron chi connectivity index (χ1n) is 7.72. The summed E-state index contributed by atoms with van der Waals surface area (Å²) in [5, 5.41) is 23.0. The summed E-state index contributed by atoms with van der Waals surface area (Å²) < 4.78 is 0. The number of nitrogens with zero attached hydrogens (tertiary/aromatic N) is 2. The number of aromatic nitrogens is 2. The van der Waals surface area contributed by atoms with E-state index in [0.717, 1.165) is 22.4 Å². The lowest BCUT2D eigenvalue weighted by atomic mass is 10.1. The molecule has 5 heteroatoms. The van der Waals surface area contributed by atoms with E-state index >= 15 is 0 Å². The molecule has 0 saturated heterocycles. The Balaban J connectivity index is 1.72. The van der Waals surface area contributed by atoms with Gasteiger partial charge in [0.25, 0.3) is 0 Å². The molecule has 0 radical (unpaired) electrons. The van der Waals surface area contributed by atoms with Crippen molar-refractivity contribution in [3.63, 3.8) is 0 Å². The molecule has 1 unspecified atom stereocenters. The van der Waals surface area contributed by atoms with Gasteiger partial charge in [0.15, 0.2) is 0 Å². The van der Waals surface area contributed by atoms with Crippen molar-refractivity contribution in [2.75, 3.05) is 11.9 Å². The van der Waals surface area contributed by atoms with Gasteiger partial charge >= 0.3 is 0 Å². The van der Waals surface area contributed by atoms with E-state index in [2.05, 4.69) is 15.3 Å². The maximum absolute atomic E-state index is 10.2. The zero-order valence-electron chi connectivity index (χ0n) is 13.3. The predicted octanol–water partition coefficient (Wildman–Crippen LogP) is 3.30. The summed E-state index contributed by atoms with van der Waals surface area (Å²) in [7, 11) is 0. The van der Waals surface area contributed by atoms with E-state index in [-0.39, 0.29) is 5.75 Å². The van der Waals surface area contributed by atoms with Crippen LogP contribution >= 0.6 is 0 Å². The molecule has 3 N–H and O–H groups in total. The first-order valence-corrected chi connectivity index (χ1v) is 7.72. The molecule has 0 saturated carbocycles. The van der Waals surface area contributed by atoms with E-state index < -0.39 is 6.10 Å². The van der Waals surface area contributed by atoms with Crippen LogP contribution in [0.5, 0.6) is 5.75 Å². The van der Waals surface area contributed by atoms with Crippen LogP contribution in [0.1, 0.15) is 17.2 Å². The van der Waals surface area contributed by atoms with Crippen molar-refractivity contribution in [1.29, 1.82) is 0 Å². The van der Waals surface area contributed by atoms with Crippen molar-refractivity contribution in [2.45, 2.75) is 13.0 Å². The van der Waals surface area contributed by atoms with Crippen LogP contribution in [-0.2, 0) is 0 Å². The van der Waals surface area contributed by atoms with E-state index in [9.17, 15) is 10.2 Å². The summed E-state index contributed by atoms with van der Waals surface area (Å²) >= 11 is 0. The molecule has 5 nitrogen and oxygen atoms in total. The van der Waals surface area contributed by atoms with Crippen molar-refractivity contribution >= 4 is 5.82 Å². The molecule has 3 rings (SSSR count). The normalized spacial score (nSPS) is 11.9. The number of phenolic OH excluding ortho intramolecular Hbond substituents is 1. The van der Waals surface area contributed by atoms with Gasteiger partial charge < -0.3 is 15.5 Å². The molecule has 0 spiro atoms. The number of aromatic hydroxyl groups is 1. The molecule has 122 valence electrons. The zero-order chi connectivity index (χ0) is 16.9. The average Bonchev–Trinajstić information content (AvgIpc) is 2.63. The number of benzene rings is 2. The fourth-order valence-electron chi connectivity index (χ4n) is 2.42. The second-order valence-corrected chi connectivity index (χ2v) is 5.60. The van der Waals surface area contributed by atoms with Gasteiger partial charge in [-0.25, -0.2) is 9.97 Å². The number of aliphatic hydroxyl groups is 1. The van der Waals surface area contributed by atoms with E-state index in [1.54, 1.807) is 6.07 Å². The van der Waals surface area contributed by atoms with Gasteiger partial charge in [-0.15, -0.1) is 0 Å². The quantitative estimate of drug-likeness (QED) is 0.672. The third kappa shape index (κ3) is 3.70. The SMILES string of the molecule is Cc1cc(-c2cc(NCC(O)c3ccccc3)ncn2)ccc1O. The summed E-state index contributed by atoms with van der Waals surface area (Å²) in [5.41, 5.74) is 3.30. The number of aliphatic hydroxyl groups excluding tert-OH is 1. The fourth-order valence-corrected chi connectivity index (χ4v) is 2.42. The second kappa shape index (κ2) is 7.10. The van der Waals surface area contributed by atoms with Crippen molar-refractivity contribution in [3.05, 3.63) is 72.1 Å². The van der Waals surface area contributed by atoms with Crippen LogP contribution in [0.15, 0.2) is 60.9 Å². The first kappa shape index (κ1) is 16.0. The van der Waals surface area contributed by atoms with Crippen LogP contribution in [0.3, 0.4) is 0 Å². The number of hydrogen-bond donors (Lipinski definition) is 3. The Morgan fingerprint density at radius 3 is 2.58 bits per heavy atom. The molecule has 0 aliphatic heterocycles. The Kier molecular flexibility index (Phi) is 4.72. The highest BCUT2D eigenvalue weighted by atomic mass is 16.3. The summed E-state index contributed by atoms with van der Waals surface area (Å²) in [6, 6.07) is 16.6. The van der Waals surface area contributed by atoms with Crippen molar-refractivity contribution in [1.82, 2.24) is 9.97 Å². The molecular weight excluding hydrogens is 302 g/mol. The summed E-state index contributed by atoms with van der Waals surface area (Å²) in [5.74, 6) is 0.901. The van der Waals surface area contributed by atoms with E-state index in [1.165, 1.54) is 6.33 Å². The van der Waals surface area contributed by atoms with Gasteiger partial charge in [0.2, 0.25) is 0 Å². The number of anilines is 1. The van der Waals surface area contributed by atoms with Gasteiger partial charge in [-0.1, -0.05) is 30.3 Å². The lowest BCUT2D eigenvalue weighted by molar-refractivity contribution is 0.191. The molecule has 0 bridgehead atoms. The summed E-state index contributed by atoms with van der Waals surface area (Å²) in [6.07, 6.45) is 0.870. The number of aryl methyl sites for hydroxylation is 1. The minimum Gasteiger partial charge on any atom is -0.508 e.